The number of fused-ring (bicyclic) bond motifs is 1. The zero-order chi connectivity index (χ0) is 24.9. The summed E-state index contributed by atoms with van der Waals surface area (Å²) in [5, 5.41) is 21.2. The normalized spacial score (nSPS) is 10.9. The summed E-state index contributed by atoms with van der Waals surface area (Å²) in [4.78, 5) is 17.2. The summed E-state index contributed by atoms with van der Waals surface area (Å²) in [7, 11) is 0. The fourth-order valence-corrected chi connectivity index (χ4v) is 4.10. The summed E-state index contributed by atoms with van der Waals surface area (Å²) in [5.74, 6) is 0.913. The van der Waals surface area contributed by atoms with Crippen LogP contribution in [0.3, 0.4) is 0 Å². The second kappa shape index (κ2) is 10.3. The van der Waals surface area contributed by atoms with Gasteiger partial charge in [0.2, 0.25) is 5.91 Å². The SMILES string of the molecule is Cc1cnn2c(NCc3cccc(NC(=O)CCc4ccccc4)c3)cc(-c3ccccc3O)nc12. The van der Waals surface area contributed by atoms with Crippen molar-refractivity contribution in [1.29, 1.82) is 0 Å². The first-order chi connectivity index (χ1) is 17.6. The molecule has 0 aliphatic rings. The molecule has 3 aromatic carbocycles. The monoisotopic (exact) mass is 477 g/mol. The van der Waals surface area contributed by atoms with Gasteiger partial charge in [0.05, 0.1) is 11.9 Å². The van der Waals surface area contributed by atoms with E-state index in [2.05, 4.69) is 15.7 Å². The molecule has 0 spiro atoms. The van der Waals surface area contributed by atoms with Crippen molar-refractivity contribution in [2.75, 3.05) is 10.6 Å². The maximum Gasteiger partial charge on any atom is 0.224 e. The van der Waals surface area contributed by atoms with E-state index in [-0.39, 0.29) is 11.7 Å². The zero-order valence-corrected chi connectivity index (χ0v) is 20.0. The number of benzene rings is 3. The van der Waals surface area contributed by atoms with Crippen LogP contribution in [0.1, 0.15) is 23.1 Å². The van der Waals surface area contributed by atoms with Gasteiger partial charge in [-0.25, -0.2) is 4.98 Å². The molecule has 0 unspecified atom stereocenters. The standard InChI is InChI=1S/C29H27N5O2/c1-20-18-31-34-27(17-25(33-29(20)34)24-12-5-6-13-26(24)35)30-19-22-10-7-11-23(16-22)32-28(36)15-14-21-8-3-2-4-9-21/h2-13,16-18,30,35H,14-15,19H2,1H3,(H,32,36). The fourth-order valence-electron chi connectivity index (χ4n) is 4.10. The molecular weight excluding hydrogens is 450 g/mol. The Bertz CT molecular complexity index is 1510. The van der Waals surface area contributed by atoms with Crippen LogP contribution >= 0.6 is 0 Å². The van der Waals surface area contributed by atoms with Gasteiger partial charge < -0.3 is 15.7 Å². The topological polar surface area (TPSA) is 91.5 Å². The first kappa shape index (κ1) is 23.1. The van der Waals surface area contributed by atoms with Gasteiger partial charge in [0.25, 0.3) is 0 Å². The first-order valence-electron chi connectivity index (χ1n) is 11.9. The molecule has 0 aliphatic carbocycles. The maximum atomic E-state index is 12.5. The minimum Gasteiger partial charge on any atom is -0.507 e. The highest BCUT2D eigenvalue weighted by Gasteiger charge is 2.13. The minimum atomic E-state index is -0.0147. The second-order valence-electron chi connectivity index (χ2n) is 8.69. The molecule has 2 aromatic heterocycles. The molecule has 5 rings (SSSR count). The number of carbonyl (C=O) groups is 1. The Morgan fingerprint density at radius 2 is 1.72 bits per heavy atom. The largest absolute Gasteiger partial charge is 0.507 e. The Labute approximate surface area is 209 Å². The number of amides is 1. The van der Waals surface area contributed by atoms with Crippen LogP contribution in [0.15, 0.2) is 91.1 Å². The lowest BCUT2D eigenvalue weighted by Gasteiger charge is -2.13. The number of hydrogen-bond acceptors (Lipinski definition) is 5. The van der Waals surface area contributed by atoms with E-state index in [1.165, 1.54) is 0 Å². The zero-order valence-electron chi connectivity index (χ0n) is 20.0. The number of aryl methyl sites for hydroxylation is 2. The van der Waals surface area contributed by atoms with Crippen molar-refractivity contribution < 1.29 is 9.90 Å². The van der Waals surface area contributed by atoms with Crippen molar-refractivity contribution in [1.82, 2.24) is 14.6 Å². The van der Waals surface area contributed by atoms with Crippen LogP contribution < -0.4 is 10.6 Å². The van der Waals surface area contributed by atoms with Gasteiger partial charge in [0.15, 0.2) is 5.65 Å². The molecule has 2 heterocycles. The number of para-hydroxylation sites is 1. The third kappa shape index (κ3) is 5.20. The Morgan fingerprint density at radius 1 is 0.944 bits per heavy atom. The lowest BCUT2D eigenvalue weighted by atomic mass is 10.1. The van der Waals surface area contributed by atoms with Gasteiger partial charge in [-0.05, 0) is 48.7 Å². The molecular formula is C29H27N5O2. The van der Waals surface area contributed by atoms with Crippen LogP contribution in [0.5, 0.6) is 5.75 Å². The van der Waals surface area contributed by atoms with Gasteiger partial charge in [-0.2, -0.15) is 9.61 Å². The minimum absolute atomic E-state index is 0.0147. The van der Waals surface area contributed by atoms with Gasteiger partial charge in [0.1, 0.15) is 11.6 Å². The highest BCUT2D eigenvalue weighted by Crippen LogP contribution is 2.30. The van der Waals surface area contributed by atoms with Gasteiger partial charge in [-0.3, -0.25) is 4.79 Å². The molecule has 0 aliphatic heterocycles. The van der Waals surface area contributed by atoms with E-state index in [9.17, 15) is 9.90 Å². The molecule has 1 amide bonds. The van der Waals surface area contributed by atoms with Gasteiger partial charge in [0, 0.05) is 35.8 Å². The summed E-state index contributed by atoms with van der Waals surface area (Å²) < 4.78 is 1.76. The lowest BCUT2D eigenvalue weighted by Crippen LogP contribution is -2.13. The predicted molar refractivity (Wildman–Crippen MR) is 142 cm³/mol. The number of anilines is 2. The molecule has 180 valence electrons. The number of nitrogens with zero attached hydrogens (tertiary/aromatic N) is 3. The van der Waals surface area contributed by atoms with Crippen LogP contribution in [0, 0.1) is 6.92 Å². The number of phenols is 1. The van der Waals surface area contributed by atoms with Crippen LogP contribution in [0.25, 0.3) is 16.9 Å². The van der Waals surface area contributed by atoms with E-state index in [4.69, 9.17) is 4.98 Å². The van der Waals surface area contributed by atoms with Crippen LogP contribution in [-0.4, -0.2) is 25.6 Å². The number of hydrogen-bond donors (Lipinski definition) is 3. The quantitative estimate of drug-likeness (QED) is 0.271. The van der Waals surface area contributed by atoms with Crippen LogP contribution in [0.2, 0.25) is 0 Å². The summed E-state index contributed by atoms with van der Waals surface area (Å²) in [5.41, 5.74) is 5.89. The highest BCUT2D eigenvalue weighted by atomic mass is 16.3. The average Bonchev–Trinajstić information content (AvgIpc) is 3.28. The second-order valence-corrected chi connectivity index (χ2v) is 8.69. The van der Waals surface area contributed by atoms with Crippen LogP contribution in [0.4, 0.5) is 11.5 Å². The molecule has 3 N–H and O–H groups in total. The maximum absolute atomic E-state index is 12.5. The molecule has 0 saturated carbocycles. The van der Waals surface area contributed by atoms with E-state index in [1.807, 2.05) is 79.7 Å². The van der Waals surface area contributed by atoms with Crippen molar-refractivity contribution in [3.05, 3.63) is 108 Å². The number of nitrogens with one attached hydrogen (secondary N) is 2. The van der Waals surface area contributed by atoms with Gasteiger partial charge in [-0.15, -0.1) is 0 Å². The number of phenolic OH excluding ortho intramolecular Hbond substituents is 1. The van der Waals surface area contributed by atoms with Crippen molar-refractivity contribution in [3.63, 3.8) is 0 Å². The number of rotatable bonds is 8. The Hall–Kier alpha value is -4.65. The smallest absolute Gasteiger partial charge is 0.224 e. The van der Waals surface area contributed by atoms with Crippen LogP contribution in [-0.2, 0) is 17.8 Å². The van der Waals surface area contributed by atoms with Crippen molar-refractivity contribution >= 4 is 23.1 Å². The molecule has 36 heavy (non-hydrogen) atoms. The predicted octanol–water partition coefficient (Wildman–Crippen LogP) is 5.59. The Kier molecular flexibility index (Phi) is 6.62. The van der Waals surface area contributed by atoms with E-state index >= 15 is 0 Å². The summed E-state index contributed by atoms with van der Waals surface area (Å²) in [6.45, 7) is 2.48. The molecule has 7 nitrogen and oxygen atoms in total. The van der Waals surface area contributed by atoms with E-state index in [0.717, 1.165) is 33.8 Å². The molecule has 7 heteroatoms. The first-order valence-corrected chi connectivity index (χ1v) is 11.9. The summed E-state index contributed by atoms with van der Waals surface area (Å²) in [6, 6.07) is 26.8. The summed E-state index contributed by atoms with van der Waals surface area (Å²) >= 11 is 0. The van der Waals surface area contributed by atoms with Crippen molar-refractivity contribution in [3.8, 4) is 17.0 Å². The molecule has 0 bridgehead atoms. The van der Waals surface area contributed by atoms with E-state index < -0.39 is 0 Å². The lowest BCUT2D eigenvalue weighted by molar-refractivity contribution is -0.116. The van der Waals surface area contributed by atoms with E-state index in [1.54, 1.807) is 22.8 Å². The third-order valence-electron chi connectivity index (χ3n) is 6.00. The summed E-state index contributed by atoms with van der Waals surface area (Å²) in [6.07, 6.45) is 2.90. The van der Waals surface area contributed by atoms with E-state index in [0.29, 0.717) is 30.6 Å². The molecule has 0 radical (unpaired) electrons. The average molecular weight is 478 g/mol. The highest BCUT2D eigenvalue weighted by molar-refractivity contribution is 5.90. The van der Waals surface area contributed by atoms with Crippen molar-refractivity contribution in [2.24, 2.45) is 0 Å². The van der Waals surface area contributed by atoms with Gasteiger partial charge in [-0.1, -0.05) is 54.6 Å². The fraction of sp³-hybridized carbons (Fsp3) is 0.138. The van der Waals surface area contributed by atoms with Crippen molar-refractivity contribution in [2.45, 2.75) is 26.3 Å². The molecule has 5 aromatic rings. The number of aromatic hydroxyl groups is 1. The number of carbonyl (C=O) groups excluding carboxylic acids is 1. The Balaban J connectivity index is 1.30. The molecule has 0 saturated heterocycles. The Morgan fingerprint density at radius 3 is 2.56 bits per heavy atom. The third-order valence-corrected chi connectivity index (χ3v) is 6.00. The molecule has 0 atom stereocenters. The van der Waals surface area contributed by atoms with Gasteiger partial charge >= 0.3 is 0 Å². The molecule has 0 fully saturated rings. The number of aromatic nitrogens is 3.